The first-order valence-electron chi connectivity index (χ1n) is 8.20. The highest BCUT2D eigenvalue weighted by Crippen LogP contribution is 2.19. The first kappa shape index (κ1) is 21.8. The predicted octanol–water partition coefficient (Wildman–Crippen LogP) is 1.87. The minimum absolute atomic E-state index is 0.0443. The van der Waals surface area contributed by atoms with Gasteiger partial charge in [0, 0.05) is 6.26 Å². The van der Waals surface area contributed by atoms with Crippen LogP contribution in [0.15, 0.2) is 53.4 Å². The zero-order valence-electron chi connectivity index (χ0n) is 15.6. The minimum Gasteiger partial charge on any atom is -0.348 e. The van der Waals surface area contributed by atoms with E-state index < -0.39 is 44.2 Å². The molecule has 2 rings (SSSR count). The third-order valence-electron chi connectivity index (χ3n) is 3.97. The van der Waals surface area contributed by atoms with Crippen molar-refractivity contribution in [2.45, 2.75) is 17.9 Å². The second-order valence-corrected chi connectivity index (χ2v) is 10.3. The lowest BCUT2D eigenvalue weighted by atomic mass is 10.1. The first-order valence-corrected chi connectivity index (χ1v) is 11.9. The molecule has 10 heteroatoms. The number of amides is 1. The van der Waals surface area contributed by atoms with Crippen LogP contribution in [0.4, 0.5) is 10.1 Å². The molecule has 0 aliphatic rings. The zero-order chi connectivity index (χ0) is 21.1. The maximum atomic E-state index is 13.4. The van der Waals surface area contributed by atoms with Gasteiger partial charge in [-0.05, 0) is 42.8 Å². The van der Waals surface area contributed by atoms with Crippen LogP contribution in [0.3, 0.4) is 0 Å². The fourth-order valence-electron chi connectivity index (χ4n) is 2.54. The summed E-state index contributed by atoms with van der Waals surface area (Å²) in [7, 11) is -7.14. The van der Waals surface area contributed by atoms with Gasteiger partial charge >= 0.3 is 0 Å². The van der Waals surface area contributed by atoms with Gasteiger partial charge in [-0.2, -0.15) is 0 Å². The molecule has 0 saturated carbocycles. The predicted molar refractivity (Wildman–Crippen MR) is 105 cm³/mol. The van der Waals surface area contributed by atoms with E-state index in [-0.39, 0.29) is 10.6 Å². The van der Waals surface area contributed by atoms with Crippen molar-refractivity contribution in [3.63, 3.8) is 0 Å². The number of hydrogen-bond acceptors (Lipinski definition) is 5. The largest absolute Gasteiger partial charge is 0.348 e. The Morgan fingerprint density at radius 3 is 2.18 bits per heavy atom. The summed E-state index contributed by atoms with van der Waals surface area (Å²) in [6, 6.07) is 10.5. The third kappa shape index (κ3) is 5.77. The molecular formula is C18H21FN2O5S2. The molecule has 152 valence electrons. The van der Waals surface area contributed by atoms with Crippen LogP contribution in [0.25, 0.3) is 0 Å². The molecule has 28 heavy (non-hydrogen) atoms. The van der Waals surface area contributed by atoms with E-state index in [0.29, 0.717) is 5.56 Å². The number of carbonyl (C=O) groups is 1. The third-order valence-corrected chi connectivity index (χ3v) is 6.24. The molecule has 1 atom stereocenters. The number of hydrogen-bond donors (Lipinski definition) is 1. The van der Waals surface area contributed by atoms with E-state index in [0.717, 1.165) is 22.9 Å². The topological polar surface area (TPSA) is 101 Å². The summed E-state index contributed by atoms with van der Waals surface area (Å²) in [4.78, 5) is 12.5. The SMILES string of the molecule is CC(NC(=O)CN(c1cccc(F)c1)S(C)(=O)=O)c1ccc(S(C)(=O)=O)cc1. The summed E-state index contributed by atoms with van der Waals surface area (Å²) < 4.78 is 61.3. The Bertz CT molecular complexity index is 1070. The van der Waals surface area contributed by atoms with Crippen LogP contribution in [0.5, 0.6) is 0 Å². The lowest BCUT2D eigenvalue weighted by molar-refractivity contribution is -0.120. The maximum Gasteiger partial charge on any atom is 0.241 e. The molecule has 0 fully saturated rings. The molecule has 0 aromatic heterocycles. The van der Waals surface area contributed by atoms with E-state index in [1.165, 1.54) is 30.3 Å². The van der Waals surface area contributed by atoms with Crippen LogP contribution in [-0.2, 0) is 24.7 Å². The highest BCUT2D eigenvalue weighted by molar-refractivity contribution is 7.92. The molecule has 2 aromatic carbocycles. The highest BCUT2D eigenvalue weighted by Gasteiger charge is 2.22. The van der Waals surface area contributed by atoms with Crippen molar-refractivity contribution in [1.29, 1.82) is 0 Å². The van der Waals surface area contributed by atoms with Gasteiger partial charge in [0.2, 0.25) is 15.9 Å². The van der Waals surface area contributed by atoms with Crippen LogP contribution < -0.4 is 9.62 Å². The Balaban J connectivity index is 2.14. The van der Waals surface area contributed by atoms with Gasteiger partial charge in [0.15, 0.2) is 9.84 Å². The molecule has 0 saturated heterocycles. The summed E-state index contributed by atoms with van der Waals surface area (Å²) in [5.74, 6) is -1.21. The summed E-state index contributed by atoms with van der Waals surface area (Å²) in [6.45, 7) is 1.16. The van der Waals surface area contributed by atoms with Gasteiger partial charge in [0.25, 0.3) is 0 Å². The number of nitrogens with zero attached hydrogens (tertiary/aromatic N) is 1. The Morgan fingerprint density at radius 2 is 1.68 bits per heavy atom. The smallest absolute Gasteiger partial charge is 0.241 e. The van der Waals surface area contributed by atoms with E-state index in [4.69, 9.17) is 0 Å². The van der Waals surface area contributed by atoms with Gasteiger partial charge in [0.1, 0.15) is 12.4 Å². The first-order chi connectivity index (χ1) is 12.9. The van der Waals surface area contributed by atoms with Crippen LogP contribution in [0.1, 0.15) is 18.5 Å². The van der Waals surface area contributed by atoms with Crippen LogP contribution in [-0.4, -0.2) is 41.8 Å². The van der Waals surface area contributed by atoms with Crippen molar-refractivity contribution in [3.05, 3.63) is 59.9 Å². The summed E-state index contributed by atoms with van der Waals surface area (Å²) in [5.41, 5.74) is 0.695. The number of halogens is 1. The van der Waals surface area contributed by atoms with Gasteiger partial charge in [-0.1, -0.05) is 18.2 Å². The minimum atomic E-state index is -3.81. The van der Waals surface area contributed by atoms with Gasteiger partial charge < -0.3 is 5.32 Å². The number of anilines is 1. The van der Waals surface area contributed by atoms with Crippen LogP contribution in [0, 0.1) is 5.82 Å². The van der Waals surface area contributed by atoms with E-state index in [1.54, 1.807) is 19.1 Å². The van der Waals surface area contributed by atoms with Crippen LogP contribution in [0.2, 0.25) is 0 Å². The molecule has 1 amide bonds. The van der Waals surface area contributed by atoms with Crippen molar-refractivity contribution in [1.82, 2.24) is 5.32 Å². The van der Waals surface area contributed by atoms with Gasteiger partial charge in [0.05, 0.1) is 22.9 Å². The fourth-order valence-corrected chi connectivity index (χ4v) is 4.01. The molecule has 0 radical (unpaired) electrons. The maximum absolute atomic E-state index is 13.4. The summed E-state index contributed by atoms with van der Waals surface area (Å²) in [6.07, 6.45) is 2.03. The van der Waals surface area contributed by atoms with E-state index >= 15 is 0 Å². The van der Waals surface area contributed by atoms with Crippen molar-refractivity contribution in [2.24, 2.45) is 0 Å². The normalized spacial score (nSPS) is 13.0. The zero-order valence-corrected chi connectivity index (χ0v) is 17.2. The molecule has 2 aromatic rings. The van der Waals surface area contributed by atoms with Crippen molar-refractivity contribution >= 4 is 31.5 Å². The van der Waals surface area contributed by atoms with Crippen molar-refractivity contribution in [3.8, 4) is 0 Å². The average molecular weight is 429 g/mol. The number of nitrogens with one attached hydrogen (secondary N) is 1. The number of sulfonamides is 1. The Kier molecular flexibility index (Phi) is 6.45. The van der Waals surface area contributed by atoms with Crippen molar-refractivity contribution in [2.75, 3.05) is 23.4 Å². The molecule has 0 spiro atoms. The van der Waals surface area contributed by atoms with Gasteiger partial charge in [-0.25, -0.2) is 21.2 Å². The molecule has 0 aliphatic heterocycles. The van der Waals surface area contributed by atoms with E-state index in [9.17, 15) is 26.0 Å². The van der Waals surface area contributed by atoms with E-state index in [2.05, 4.69) is 5.32 Å². The van der Waals surface area contributed by atoms with E-state index in [1.807, 2.05) is 0 Å². The Labute approximate surface area is 164 Å². The fraction of sp³-hybridized carbons (Fsp3) is 0.278. The average Bonchev–Trinajstić information content (AvgIpc) is 2.58. The van der Waals surface area contributed by atoms with Gasteiger partial charge in [-0.3, -0.25) is 9.10 Å². The van der Waals surface area contributed by atoms with Crippen LogP contribution >= 0.6 is 0 Å². The number of carbonyl (C=O) groups excluding carboxylic acids is 1. The number of rotatable bonds is 7. The number of sulfone groups is 1. The van der Waals surface area contributed by atoms with Crippen molar-refractivity contribution < 1.29 is 26.0 Å². The molecule has 0 heterocycles. The highest BCUT2D eigenvalue weighted by atomic mass is 32.2. The second kappa shape index (κ2) is 8.27. The molecule has 0 aliphatic carbocycles. The Morgan fingerprint density at radius 1 is 1.07 bits per heavy atom. The molecule has 0 bridgehead atoms. The standard InChI is InChI=1S/C18H21FN2O5S2/c1-13(14-7-9-17(10-8-14)27(2,23)24)20-18(22)12-21(28(3,25)26)16-6-4-5-15(19)11-16/h4-11,13H,12H2,1-3H3,(H,20,22). The molecule has 1 N–H and O–H groups in total. The lowest BCUT2D eigenvalue weighted by Gasteiger charge is -2.23. The molecule has 7 nitrogen and oxygen atoms in total. The quantitative estimate of drug-likeness (QED) is 0.726. The van der Waals surface area contributed by atoms with Gasteiger partial charge in [-0.15, -0.1) is 0 Å². The lowest BCUT2D eigenvalue weighted by Crippen LogP contribution is -2.41. The monoisotopic (exact) mass is 428 g/mol. The molecule has 1 unspecified atom stereocenters. The summed E-state index contributed by atoms with van der Waals surface area (Å²) in [5, 5.41) is 2.65. The molecular weight excluding hydrogens is 407 g/mol. The summed E-state index contributed by atoms with van der Waals surface area (Å²) >= 11 is 0. The second-order valence-electron chi connectivity index (χ2n) is 6.38. The number of benzene rings is 2. The Hall–Kier alpha value is -2.46.